The fourth-order valence-electron chi connectivity index (χ4n) is 0.878. The number of ether oxygens (including phenoxy) is 1. The van der Waals surface area contributed by atoms with Gasteiger partial charge in [0.25, 0.3) is 0 Å². The van der Waals surface area contributed by atoms with Crippen LogP contribution in [0.25, 0.3) is 0 Å². The van der Waals surface area contributed by atoms with Crippen LogP contribution in [0.2, 0.25) is 0 Å². The second-order valence-electron chi connectivity index (χ2n) is 2.38. The normalized spacial score (nSPS) is 9.62. The molecule has 0 heterocycles. The Balaban J connectivity index is 2.79. The van der Waals surface area contributed by atoms with Crippen molar-refractivity contribution in [2.75, 3.05) is 12.5 Å². The molecule has 0 aliphatic carbocycles. The van der Waals surface area contributed by atoms with Gasteiger partial charge in [0.05, 0.1) is 5.88 Å². The zero-order valence-electron chi connectivity index (χ0n) is 6.87. The lowest BCUT2D eigenvalue weighted by Crippen LogP contribution is -1.98. The summed E-state index contributed by atoms with van der Waals surface area (Å²) in [6.07, 6.45) is 0.658. The lowest BCUT2D eigenvalue weighted by molar-refractivity contribution is 0.112. The van der Waals surface area contributed by atoms with Gasteiger partial charge in [0, 0.05) is 5.56 Å². The van der Waals surface area contributed by atoms with Crippen molar-refractivity contribution in [3.63, 3.8) is 0 Å². The summed E-state index contributed by atoms with van der Waals surface area (Å²) in [4.78, 5) is 10.3. The molecule has 1 N–H and O–H groups in total. The minimum absolute atomic E-state index is 0.0466. The molecule has 1 aromatic rings. The highest BCUT2D eigenvalue weighted by Gasteiger charge is 2.02. The van der Waals surface area contributed by atoms with Crippen LogP contribution in [0.1, 0.15) is 10.4 Å². The molecule has 0 unspecified atom stereocenters. The number of rotatable bonds is 4. The third-order valence-electron chi connectivity index (χ3n) is 1.45. The predicted octanol–water partition coefficient (Wildman–Crippen LogP) is 1.82. The summed E-state index contributed by atoms with van der Waals surface area (Å²) in [5, 5.41) is 9.32. The first kappa shape index (κ1) is 9.86. The Bertz CT molecular complexity index is 299. The highest BCUT2D eigenvalue weighted by Crippen LogP contribution is 2.25. The molecule has 0 saturated carbocycles. The molecule has 0 bridgehead atoms. The van der Waals surface area contributed by atoms with Gasteiger partial charge in [0.1, 0.15) is 12.9 Å². The summed E-state index contributed by atoms with van der Waals surface area (Å²) in [7, 11) is 0. The number of phenols is 1. The molecule has 0 radical (unpaired) electrons. The van der Waals surface area contributed by atoms with E-state index in [2.05, 4.69) is 0 Å². The second-order valence-corrected chi connectivity index (χ2v) is 2.76. The van der Waals surface area contributed by atoms with Crippen molar-refractivity contribution < 1.29 is 14.6 Å². The zero-order valence-corrected chi connectivity index (χ0v) is 7.62. The maximum Gasteiger partial charge on any atom is 0.161 e. The number of hydrogen-bond donors (Lipinski definition) is 1. The van der Waals surface area contributed by atoms with Crippen LogP contribution in [0.15, 0.2) is 18.2 Å². The number of carbonyl (C=O) groups is 1. The molecule has 70 valence electrons. The number of alkyl halides is 1. The van der Waals surface area contributed by atoms with Gasteiger partial charge >= 0.3 is 0 Å². The van der Waals surface area contributed by atoms with Crippen LogP contribution in [0, 0.1) is 0 Å². The van der Waals surface area contributed by atoms with Crippen molar-refractivity contribution >= 4 is 17.9 Å². The van der Waals surface area contributed by atoms with Gasteiger partial charge in [-0.25, -0.2) is 0 Å². The van der Waals surface area contributed by atoms with E-state index in [9.17, 15) is 9.90 Å². The SMILES string of the molecule is O=Cc1ccc(OCCCl)c(O)c1. The summed E-state index contributed by atoms with van der Waals surface area (Å²) < 4.78 is 5.09. The number of halogens is 1. The Morgan fingerprint density at radius 2 is 2.31 bits per heavy atom. The highest BCUT2D eigenvalue weighted by atomic mass is 35.5. The first-order valence-corrected chi connectivity index (χ1v) is 4.28. The maximum atomic E-state index is 10.3. The molecule has 3 nitrogen and oxygen atoms in total. The van der Waals surface area contributed by atoms with E-state index in [1.165, 1.54) is 12.1 Å². The van der Waals surface area contributed by atoms with Gasteiger partial charge in [-0.15, -0.1) is 11.6 Å². The Kier molecular flexibility index (Phi) is 3.58. The summed E-state index contributed by atoms with van der Waals surface area (Å²) >= 11 is 5.40. The van der Waals surface area contributed by atoms with Gasteiger partial charge in [0.2, 0.25) is 0 Å². The predicted molar refractivity (Wildman–Crippen MR) is 49.7 cm³/mol. The number of hydrogen-bond acceptors (Lipinski definition) is 3. The first-order chi connectivity index (χ1) is 6.27. The van der Waals surface area contributed by atoms with Crippen molar-refractivity contribution in [2.45, 2.75) is 0 Å². The zero-order chi connectivity index (χ0) is 9.68. The average Bonchev–Trinajstić information content (AvgIpc) is 2.16. The summed E-state index contributed by atoms with van der Waals surface area (Å²) in [6, 6.07) is 4.44. The number of benzene rings is 1. The maximum absolute atomic E-state index is 10.3. The fourth-order valence-corrected chi connectivity index (χ4v) is 0.955. The summed E-state index contributed by atoms with van der Waals surface area (Å²) in [6.45, 7) is 0.329. The van der Waals surface area contributed by atoms with Gasteiger partial charge in [-0.1, -0.05) is 0 Å². The Morgan fingerprint density at radius 1 is 1.54 bits per heavy atom. The second kappa shape index (κ2) is 4.72. The van der Waals surface area contributed by atoms with E-state index in [0.29, 0.717) is 30.1 Å². The van der Waals surface area contributed by atoms with Crippen LogP contribution < -0.4 is 4.74 Å². The van der Waals surface area contributed by atoms with Gasteiger partial charge < -0.3 is 9.84 Å². The number of aldehydes is 1. The molecule has 0 spiro atoms. The Labute approximate surface area is 80.9 Å². The van der Waals surface area contributed by atoms with Gasteiger partial charge in [-0.05, 0) is 18.2 Å². The average molecular weight is 201 g/mol. The van der Waals surface area contributed by atoms with Crippen LogP contribution in [-0.4, -0.2) is 23.9 Å². The molecule has 0 atom stereocenters. The molecule has 0 amide bonds. The van der Waals surface area contributed by atoms with Crippen LogP contribution >= 0.6 is 11.6 Å². The Morgan fingerprint density at radius 3 is 2.85 bits per heavy atom. The van der Waals surface area contributed by atoms with Gasteiger partial charge in [-0.2, -0.15) is 0 Å². The molecular weight excluding hydrogens is 192 g/mol. The molecular formula is C9H9ClO3. The van der Waals surface area contributed by atoms with Crippen molar-refractivity contribution in [1.29, 1.82) is 0 Å². The molecule has 0 saturated heterocycles. The molecule has 13 heavy (non-hydrogen) atoms. The molecule has 0 aliphatic heterocycles. The standard InChI is InChI=1S/C9H9ClO3/c10-3-4-13-9-2-1-7(6-11)5-8(9)12/h1-2,5-6,12H,3-4H2. The largest absolute Gasteiger partial charge is 0.504 e. The minimum Gasteiger partial charge on any atom is -0.504 e. The van der Waals surface area contributed by atoms with E-state index in [1.54, 1.807) is 6.07 Å². The van der Waals surface area contributed by atoms with Gasteiger partial charge in [-0.3, -0.25) is 4.79 Å². The smallest absolute Gasteiger partial charge is 0.161 e. The van der Waals surface area contributed by atoms with Crippen LogP contribution in [0.3, 0.4) is 0 Å². The highest BCUT2D eigenvalue weighted by molar-refractivity contribution is 6.18. The van der Waals surface area contributed by atoms with Crippen LogP contribution in [-0.2, 0) is 0 Å². The number of carbonyl (C=O) groups excluding carboxylic acids is 1. The van der Waals surface area contributed by atoms with Crippen LogP contribution in [0.5, 0.6) is 11.5 Å². The van der Waals surface area contributed by atoms with Crippen molar-refractivity contribution in [3.05, 3.63) is 23.8 Å². The van der Waals surface area contributed by atoms with Crippen LogP contribution in [0.4, 0.5) is 0 Å². The van der Waals surface area contributed by atoms with Gasteiger partial charge in [0.15, 0.2) is 11.5 Å². The lowest BCUT2D eigenvalue weighted by atomic mass is 10.2. The van der Waals surface area contributed by atoms with E-state index in [1.807, 2.05) is 0 Å². The molecule has 0 aliphatic rings. The molecule has 0 aromatic heterocycles. The van der Waals surface area contributed by atoms with E-state index >= 15 is 0 Å². The third-order valence-corrected chi connectivity index (χ3v) is 1.61. The third kappa shape index (κ3) is 2.63. The topological polar surface area (TPSA) is 46.5 Å². The first-order valence-electron chi connectivity index (χ1n) is 3.75. The monoisotopic (exact) mass is 200 g/mol. The van der Waals surface area contributed by atoms with Crippen molar-refractivity contribution in [1.82, 2.24) is 0 Å². The molecule has 1 rings (SSSR count). The van der Waals surface area contributed by atoms with E-state index in [0.717, 1.165) is 0 Å². The van der Waals surface area contributed by atoms with Crippen molar-refractivity contribution in [2.24, 2.45) is 0 Å². The quantitative estimate of drug-likeness (QED) is 0.596. The molecule has 4 heteroatoms. The molecule has 1 aromatic carbocycles. The summed E-state index contributed by atoms with van der Waals surface area (Å²) in [5.41, 5.74) is 0.413. The number of aromatic hydroxyl groups is 1. The summed E-state index contributed by atoms with van der Waals surface area (Å²) in [5.74, 6) is 0.649. The van der Waals surface area contributed by atoms with E-state index < -0.39 is 0 Å². The Hall–Kier alpha value is -1.22. The molecule has 0 fully saturated rings. The number of phenolic OH excluding ortho intramolecular Hbond substituents is 1. The minimum atomic E-state index is -0.0466. The van der Waals surface area contributed by atoms with Crippen molar-refractivity contribution in [3.8, 4) is 11.5 Å². The van der Waals surface area contributed by atoms with E-state index in [-0.39, 0.29) is 5.75 Å². The lowest BCUT2D eigenvalue weighted by Gasteiger charge is -2.05. The van der Waals surface area contributed by atoms with E-state index in [4.69, 9.17) is 16.3 Å². The fraction of sp³-hybridized carbons (Fsp3) is 0.222.